The van der Waals surface area contributed by atoms with Gasteiger partial charge in [-0.3, -0.25) is 33.7 Å². The quantitative estimate of drug-likeness (QED) is 0.170. The fraction of sp³-hybridized carbons (Fsp3) is 0.525. The van der Waals surface area contributed by atoms with Gasteiger partial charge in [0, 0.05) is 44.2 Å². The monoisotopic (exact) mass is 762 g/mol. The van der Waals surface area contributed by atoms with Crippen LogP contribution >= 0.6 is 0 Å². The van der Waals surface area contributed by atoms with Gasteiger partial charge in [0.2, 0.25) is 12.7 Å². The number of likely N-dealkylation sites (N-methyl/N-ethyl adjacent to an activating group) is 1. The number of amides is 2. The number of aryl methyl sites for hydroxylation is 1. The Morgan fingerprint density at radius 3 is 2.22 bits per heavy atom. The lowest BCUT2D eigenvalue weighted by Crippen LogP contribution is -2.74. The van der Waals surface area contributed by atoms with Gasteiger partial charge in [-0.15, -0.1) is 0 Å². The first-order valence-corrected chi connectivity index (χ1v) is 18.2. The van der Waals surface area contributed by atoms with E-state index in [9.17, 15) is 43.8 Å². The molecule has 0 spiro atoms. The van der Waals surface area contributed by atoms with E-state index < -0.39 is 94.4 Å². The third-order valence-corrected chi connectivity index (χ3v) is 10.7. The Hall–Kier alpha value is -5.15. The lowest BCUT2D eigenvalue weighted by molar-refractivity contribution is -0.181. The van der Waals surface area contributed by atoms with Crippen molar-refractivity contribution in [2.45, 2.75) is 64.6 Å². The zero-order valence-corrected chi connectivity index (χ0v) is 32.3. The van der Waals surface area contributed by atoms with Gasteiger partial charge in [0.1, 0.15) is 5.75 Å². The Kier molecular flexibility index (Phi) is 11.6. The van der Waals surface area contributed by atoms with Crippen molar-refractivity contribution in [1.82, 2.24) is 9.80 Å². The van der Waals surface area contributed by atoms with Crippen molar-refractivity contribution in [3.05, 3.63) is 58.7 Å². The second-order valence-electron chi connectivity index (χ2n) is 16.4. The van der Waals surface area contributed by atoms with E-state index in [1.54, 1.807) is 25.1 Å². The number of hydrogen-bond donors (Lipinski definition) is 3. The Morgan fingerprint density at radius 2 is 1.64 bits per heavy atom. The fourth-order valence-electron chi connectivity index (χ4n) is 8.39. The van der Waals surface area contributed by atoms with E-state index in [1.165, 1.54) is 23.9 Å². The number of nitrogens with zero attached hydrogens (tertiary/aromatic N) is 3. The van der Waals surface area contributed by atoms with Crippen molar-refractivity contribution in [2.24, 2.45) is 34.8 Å². The van der Waals surface area contributed by atoms with Crippen LogP contribution in [0.3, 0.4) is 0 Å². The normalized spacial score (nSPS) is 24.8. The summed E-state index contributed by atoms with van der Waals surface area (Å²) in [6.07, 6.45) is -0.324. The number of ketones is 4. The highest BCUT2D eigenvalue weighted by Crippen LogP contribution is 2.52. The number of anilines is 1. The van der Waals surface area contributed by atoms with Crippen LogP contribution in [0.4, 0.5) is 10.5 Å². The van der Waals surface area contributed by atoms with E-state index >= 15 is 0 Å². The van der Waals surface area contributed by atoms with Crippen LogP contribution in [0.25, 0.3) is 0 Å². The number of phenolic OH excluding ortho intramolecular Hbond substituents is 1. The smallest absolute Gasteiger partial charge is 0.412 e. The van der Waals surface area contributed by atoms with Crippen molar-refractivity contribution in [1.29, 1.82) is 0 Å². The largest absolute Gasteiger partial charge is 0.507 e. The first kappa shape index (κ1) is 41.0. The summed E-state index contributed by atoms with van der Waals surface area (Å²) in [6.45, 7) is 4.89. The number of ether oxygens (including phenoxy) is 2. The van der Waals surface area contributed by atoms with Crippen molar-refractivity contribution in [2.75, 3.05) is 46.4 Å². The number of primary amides is 1. The fourth-order valence-corrected chi connectivity index (χ4v) is 8.39. The molecule has 296 valence electrons. The van der Waals surface area contributed by atoms with Crippen molar-refractivity contribution >= 4 is 46.8 Å². The standard InChI is InChI=1S/C40H50N4O11/c1-39(2,3)19-44(38(52)55-20-54-27(45)14-13-21-11-9-8-10-12-21)18-23-17-26(42(4)5)24-15-22-16-25-31(43(6)7)34(48)30(37(41)51)36(50)40(25,53)35(49)28(22)33(47)29(24)32(23)46/h8-12,17,22,25,28,30-31,46,53H,13-16,18-20H2,1-7H3,(H2,41,51)/t22-,25-,28?,30?,31-,40-/m0/s1. The molecule has 6 atom stereocenters. The molecular weight excluding hydrogens is 712 g/mol. The van der Waals surface area contributed by atoms with Crippen molar-refractivity contribution in [3.63, 3.8) is 0 Å². The van der Waals surface area contributed by atoms with Gasteiger partial charge in [0.05, 0.1) is 24.1 Å². The van der Waals surface area contributed by atoms with Crippen LogP contribution in [0, 0.1) is 29.1 Å². The average molecular weight is 763 g/mol. The molecule has 15 heteroatoms. The molecule has 0 radical (unpaired) electrons. The van der Waals surface area contributed by atoms with Crippen LogP contribution in [-0.2, 0) is 52.8 Å². The lowest BCUT2D eigenvalue weighted by Gasteiger charge is -2.52. The number of nitrogens with two attached hydrogens (primary N) is 1. The van der Waals surface area contributed by atoms with Gasteiger partial charge in [-0.05, 0) is 61.9 Å². The number of carbonyl (C=O) groups is 7. The molecule has 55 heavy (non-hydrogen) atoms. The lowest BCUT2D eigenvalue weighted by atomic mass is 9.52. The summed E-state index contributed by atoms with van der Waals surface area (Å²) in [4.78, 5) is 98.5. The SMILES string of the molecule is CN(C)c1cc(CN(CC(C)(C)C)C(=O)OCOC(=O)CCc2ccccc2)c(O)c2c1C[C@H]1C[C@H]3[C@H](N(C)C)C(=O)C(C(N)=O)C(=O)[C@@]3(O)C(=O)C1C2=O. The number of benzene rings is 2. The van der Waals surface area contributed by atoms with E-state index in [0.717, 1.165) is 5.56 Å². The highest BCUT2D eigenvalue weighted by molar-refractivity contribution is 6.32. The zero-order chi connectivity index (χ0) is 40.7. The van der Waals surface area contributed by atoms with E-state index in [2.05, 4.69) is 0 Å². The summed E-state index contributed by atoms with van der Waals surface area (Å²) in [5, 5.41) is 23.7. The van der Waals surface area contributed by atoms with Crippen LogP contribution < -0.4 is 10.6 Å². The Labute approximate surface area is 319 Å². The number of esters is 1. The molecule has 2 amide bonds. The van der Waals surface area contributed by atoms with Gasteiger partial charge in [-0.25, -0.2) is 4.79 Å². The predicted octanol–water partition coefficient (Wildman–Crippen LogP) is 2.05. The third-order valence-electron chi connectivity index (χ3n) is 10.7. The first-order valence-electron chi connectivity index (χ1n) is 18.2. The van der Waals surface area contributed by atoms with Gasteiger partial charge in [0.25, 0.3) is 0 Å². The number of aliphatic hydroxyl groups is 1. The molecule has 2 fully saturated rings. The summed E-state index contributed by atoms with van der Waals surface area (Å²) in [7, 11) is 6.51. The van der Waals surface area contributed by atoms with Crippen molar-refractivity contribution < 1.29 is 53.2 Å². The van der Waals surface area contributed by atoms with E-state index in [1.807, 2.05) is 51.1 Å². The van der Waals surface area contributed by atoms with Crippen LogP contribution in [-0.4, -0.2) is 114 Å². The number of rotatable bonds is 11. The number of carbonyl (C=O) groups excluding carboxylic acids is 7. The van der Waals surface area contributed by atoms with Crippen LogP contribution in [0.5, 0.6) is 5.75 Å². The van der Waals surface area contributed by atoms with Crippen LogP contribution in [0.15, 0.2) is 36.4 Å². The number of aromatic hydroxyl groups is 1. The van der Waals surface area contributed by atoms with E-state index in [4.69, 9.17) is 15.2 Å². The number of Topliss-reactive ketones (excluding diaryl/α,β-unsaturated/α-hetero) is 4. The molecule has 0 heterocycles. The minimum absolute atomic E-state index is 0.0776. The van der Waals surface area contributed by atoms with Gasteiger partial charge < -0.3 is 35.2 Å². The molecule has 3 aliphatic carbocycles. The Morgan fingerprint density at radius 1 is 0.982 bits per heavy atom. The molecule has 2 aromatic carbocycles. The molecule has 2 aromatic rings. The minimum Gasteiger partial charge on any atom is -0.507 e. The molecule has 0 saturated heterocycles. The highest BCUT2D eigenvalue weighted by Gasteiger charge is 2.69. The Balaban J connectivity index is 1.44. The van der Waals surface area contributed by atoms with Crippen LogP contribution in [0.2, 0.25) is 0 Å². The van der Waals surface area contributed by atoms with Gasteiger partial charge in [-0.2, -0.15) is 0 Å². The predicted molar refractivity (Wildman–Crippen MR) is 198 cm³/mol. The summed E-state index contributed by atoms with van der Waals surface area (Å²) in [5.74, 6) is -12.2. The molecule has 2 saturated carbocycles. The van der Waals surface area contributed by atoms with Gasteiger partial charge >= 0.3 is 12.1 Å². The number of phenols is 1. The molecule has 2 unspecified atom stereocenters. The molecule has 0 aliphatic heterocycles. The molecule has 3 aliphatic rings. The average Bonchev–Trinajstić information content (AvgIpc) is 3.09. The Bertz CT molecular complexity index is 1900. The zero-order valence-electron chi connectivity index (χ0n) is 32.3. The summed E-state index contributed by atoms with van der Waals surface area (Å²) in [6, 6.07) is 9.79. The molecule has 15 nitrogen and oxygen atoms in total. The summed E-state index contributed by atoms with van der Waals surface area (Å²) < 4.78 is 10.5. The number of fused-ring (bicyclic) bond motifs is 3. The second kappa shape index (κ2) is 15.5. The molecule has 4 N–H and O–H groups in total. The molecule has 0 aromatic heterocycles. The maximum absolute atomic E-state index is 14.5. The summed E-state index contributed by atoms with van der Waals surface area (Å²) >= 11 is 0. The second-order valence-corrected chi connectivity index (χ2v) is 16.4. The minimum atomic E-state index is -2.85. The first-order chi connectivity index (χ1) is 25.7. The molecule has 0 bridgehead atoms. The topological polar surface area (TPSA) is 214 Å². The van der Waals surface area contributed by atoms with Gasteiger partial charge in [0.15, 0.2) is 34.7 Å². The maximum atomic E-state index is 14.5. The van der Waals surface area contributed by atoms with E-state index in [-0.39, 0.29) is 43.5 Å². The third kappa shape index (κ3) is 7.85. The van der Waals surface area contributed by atoms with Gasteiger partial charge in [-0.1, -0.05) is 51.1 Å². The highest BCUT2D eigenvalue weighted by atomic mass is 16.7. The molecule has 5 rings (SSSR count). The van der Waals surface area contributed by atoms with Crippen LogP contribution in [0.1, 0.15) is 60.7 Å². The van der Waals surface area contributed by atoms with Crippen molar-refractivity contribution in [3.8, 4) is 5.75 Å². The molecular formula is C40H50N4O11. The summed E-state index contributed by atoms with van der Waals surface area (Å²) in [5.41, 5.74) is 3.96. The number of hydrogen-bond acceptors (Lipinski definition) is 13. The maximum Gasteiger partial charge on any atom is 0.412 e. The van der Waals surface area contributed by atoms with E-state index in [0.29, 0.717) is 17.7 Å².